The maximum absolute atomic E-state index is 15.8. The molecule has 3 heterocycles. The van der Waals surface area contributed by atoms with Crippen LogP contribution in [0.1, 0.15) is 30.7 Å². The van der Waals surface area contributed by atoms with E-state index in [1.165, 1.54) is 51.3 Å². The maximum atomic E-state index is 15.8. The molecule has 18 heteroatoms. The first-order valence-electron chi connectivity index (χ1n) is 17.7. The van der Waals surface area contributed by atoms with E-state index in [9.17, 15) is 29.1 Å². The minimum atomic E-state index is -3.20. The van der Waals surface area contributed by atoms with Gasteiger partial charge in [-0.05, 0) is 60.7 Å². The van der Waals surface area contributed by atoms with E-state index in [1.54, 1.807) is 36.2 Å². The number of alkyl halides is 2. The summed E-state index contributed by atoms with van der Waals surface area (Å²) in [4.78, 5) is 66.1. The Bertz CT molecular complexity index is 1980. The number of likely N-dealkylation sites (tertiary alicyclic amines) is 2. The van der Waals surface area contributed by atoms with Gasteiger partial charge in [0, 0.05) is 33.0 Å². The third-order valence-electron chi connectivity index (χ3n) is 10.3. The number of fused-ring (bicyclic) bond motifs is 1. The minimum absolute atomic E-state index is 0.0514. The summed E-state index contributed by atoms with van der Waals surface area (Å²) in [7, 11) is 4.63. The fourth-order valence-electron chi connectivity index (χ4n) is 7.13. The number of hydrogen-bond donors (Lipinski definition) is 3. The average molecular weight is 786 g/mol. The van der Waals surface area contributed by atoms with Crippen LogP contribution in [0.25, 0.3) is 10.8 Å². The van der Waals surface area contributed by atoms with Gasteiger partial charge in [-0.2, -0.15) is 0 Å². The fourth-order valence-corrected chi connectivity index (χ4v) is 7.85. The predicted octanol–water partition coefficient (Wildman–Crippen LogP) is 3.02. The van der Waals surface area contributed by atoms with Crippen molar-refractivity contribution in [3.8, 4) is 11.5 Å². The molecule has 3 saturated heterocycles. The molecule has 3 aromatic carbocycles. The molecule has 14 nitrogen and oxygen atoms in total. The first-order chi connectivity index (χ1) is 26.2. The lowest BCUT2D eigenvalue weighted by atomic mass is 9.85. The van der Waals surface area contributed by atoms with Gasteiger partial charge in [0.25, 0.3) is 11.8 Å². The predicted molar refractivity (Wildman–Crippen MR) is 201 cm³/mol. The highest BCUT2D eigenvalue weighted by atomic mass is 32.2. The number of ether oxygens (including phenoxy) is 1. The van der Waals surface area contributed by atoms with Crippen LogP contribution in [0.4, 0.5) is 30.2 Å². The van der Waals surface area contributed by atoms with E-state index in [1.807, 2.05) is 0 Å². The number of carbonyl (C=O) groups is 5. The van der Waals surface area contributed by atoms with Crippen LogP contribution >= 0.6 is 12.1 Å². The van der Waals surface area contributed by atoms with E-state index in [2.05, 4.69) is 10.0 Å². The van der Waals surface area contributed by atoms with Crippen LogP contribution in [0, 0.1) is 5.82 Å². The lowest BCUT2D eigenvalue weighted by molar-refractivity contribution is -0.144. The molecule has 3 N–H and O–H groups in total. The zero-order valence-electron chi connectivity index (χ0n) is 30.5. The van der Waals surface area contributed by atoms with Crippen LogP contribution in [-0.4, -0.2) is 124 Å². The molecule has 3 fully saturated rings. The van der Waals surface area contributed by atoms with Gasteiger partial charge in [0.2, 0.25) is 18.2 Å². The van der Waals surface area contributed by atoms with Crippen molar-refractivity contribution in [1.29, 1.82) is 0 Å². The number of hydrogen-bond acceptors (Lipinski definition) is 11. The van der Waals surface area contributed by atoms with Crippen molar-refractivity contribution in [3.05, 3.63) is 53.8 Å². The molecule has 2 atom stereocenters. The normalized spacial score (nSPS) is 19.0. The Morgan fingerprint density at radius 1 is 1.15 bits per heavy atom. The Balaban J connectivity index is 1.05. The molecule has 3 aliphatic rings. The van der Waals surface area contributed by atoms with Gasteiger partial charge in [0.15, 0.2) is 5.82 Å². The smallest absolute Gasteiger partial charge is 0.267 e. The molecule has 294 valence electrons. The van der Waals surface area contributed by atoms with Crippen molar-refractivity contribution in [1.82, 2.24) is 19.8 Å². The van der Waals surface area contributed by atoms with Crippen molar-refractivity contribution in [2.24, 2.45) is 0 Å². The van der Waals surface area contributed by atoms with Gasteiger partial charge in [-0.1, -0.05) is 12.1 Å². The second-order valence-corrected chi connectivity index (χ2v) is 14.8. The van der Waals surface area contributed by atoms with Gasteiger partial charge in [-0.25, -0.2) is 13.2 Å². The molecule has 3 aromatic rings. The fraction of sp³-hybridized carbons (Fsp3) is 0.432. The van der Waals surface area contributed by atoms with E-state index < -0.39 is 36.3 Å². The number of carbonyl (C=O) groups excluding carboxylic acids is 5. The summed E-state index contributed by atoms with van der Waals surface area (Å²) in [6.07, 6.45) is 1.22. The molecule has 0 saturated carbocycles. The number of benzene rings is 3. The molecule has 6 rings (SSSR count). The van der Waals surface area contributed by atoms with Gasteiger partial charge < -0.3 is 34.7 Å². The van der Waals surface area contributed by atoms with Crippen LogP contribution in [0.5, 0.6) is 11.5 Å². The summed E-state index contributed by atoms with van der Waals surface area (Å²) >= 11 is 0.878. The van der Waals surface area contributed by atoms with E-state index in [4.69, 9.17) is 4.74 Å². The van der Waals surface area contributed by atoms with Crippen molar-refractivity contribution in [2.45, 2.75) is 43.2 Å². The highest BCUT2D eigenvalue weighted by Crippen LogP contribution is 2.44. The maximum Gasteiger partial charge on any atom is 0.267 e. The van der Waals surface area contributed by atoms with Gasteiger partial charge in [-0.15, -0.1) is 0 Å². The van der Waals surface area contributed by atoms with Crippen molar-refractivity contribution in [3.63, 3.8) is 0 Å². The number of likely N-dealkylation sites (N-methyl/N-ethyl adjacent to an activating group) is 1. The van der Waals surface area contributed by atoms with Crippen LogP contribution in [0.15, 0.2) is 42.5 Å². The number of aldehydes is 1. The third-order valence-corrected chi connectivity index (χ3v) is 11.1. The van der Waals surface area contributed by atoms with Crippen LogP contribution < -0.4 is 28.9 Å². The number of nitrogens with one attached hydrogen (secondary N) is 2. The summed E-state index contributed by atoms with van der Waals surface area (Å²) in [5.74, 6) is -5.95. The molecule has 0 spiro atoms. The molecule has 0 bridgehead atoms. The van der Waals surface area contributed by atoms with Crippen molar-refractivity contribution in [2.75, 3.05) is 74.5 Å². The SMILES string of the molecule is CNC(=O)CCC(C=O)N(C)c1ccc(C2CCN(CC(=O)N3CC(Oc4ccc5cc(O)c(N6CC(=O)NS6)c(F)c5c4)C3)CC2(F)F)cc1N(C)C=O. The van der Waals surface area contributed by atoms with Crippen molar-refractivity contribution < 1.29 is 47.0 Å². The van der Waals surface area contributed by atoms with E-state index in [-0.39, 0.29) is 86.5 Å². The summed E-state index contributed by atoms with van der Waals surface area (Å²) < 4.78 is 56.9. The summed E-state index contributed by atoms with van der Waals surface area (Å²) in [6, 6.07) is 10.1. The number of halogens is 3. The second-order valence-electron chi connectivity index (χ2n) is 13.9. The number of anilines is 3. The van der Waals surface area contributed by atoms with Crippen LogP contribution in [0.2, 0.25) is 0 Å². The summed E-state index contributed by atoms with van der Waals surface area (Å²) in [6.45, 7) is -0.315. The molecule has 4 amide bonds. The molecule has 0 aliphatic carbocycles. The van der Waals surface area contributed by atoms with Crippen molar-refractivity contribution >= 4 is 70.4 Å². The number of aromatic hydroxyl groups is 1. The largest absolute Gasteiger partial charge is 0.506 e. The third kappa shape index (κ3) is 8.39. The standard InChI is InChI=1S/C37H42F3N7O7S/c1-41-32(51)9-6-24(19-48)44(3)29-8-5-23(12-30(29)43(2)21-49)28-10-11-45(20-37(28,39)40)18-34(53)46-15-26(16-46)54-25-7-4-22-13-31(50)36(35(38)27(22)14-25)47-17-33(52)42-55-47/h4-5,7-8,12-14,19,21,24,26,28,50H,6,9-11,15-18,20H2,1-3H3,(H,41,51)(H,42,52). The number of rotatable bonds is 14. The van der Waals surface area contributed by atoms with E-state index in [0.717, 1.165) is 12.1 Å². The highest BCUT2D eigenvalue weighted by Gasteiger charge is 2.46. The monoisotopic (exact) mass is 785 g/mol. The van der Waals surface area contributed by atoms with E-state index >= 15 is 13.2 Å². The Morgan fingerprint density at radius 2 is 1.91 bits per heavy atom. The zero-order chi connectivity index (χ0) is 39.6. The molecule has 3 aliphatic heterocycles. The quantitative estimate of drug-likeness (QED) is 0.163. The number of phenolic OH excluding ortho intramolecular Hbond substituents is 1. The number of piperidine rings is 1. The molecule has 55 heavy (non-hydrogen) atoms. The van der Waals surface area contributed by atoms with Gasteiger partial charge in [-0.3, -0.25) is 33.1 Å². The summed E-state index contributed by atoms with van der Waals surface area (Å²) in [5.41, 5.74) is 0.987. The minimum Gasteiger partial charge on any atom is -0.506 e. The Kier molecular flexibility index (Phi) is 11.7. The Morgan fingerprint density at radius 3 is 2.56 bits per heavy atom. The topological polar surface area (TPSA) is 155 Å². The molecule has 0 aromatic heterocycles. The van der Waals surface area contributed by atoms with Crippen LogP contribution in [-0.2, 0) is 24.0 Å². The number of nitrogens with zero attached hydrogens (tertiary/aromatic N) is 5. The van der Waals surface area contributed by atoms with E-state index in [0.29, 0.717) is 40.8 Å². The molecular formula is C37H42F3N7O7S. The van der Waals surface area contributed by atoms with Gasteiger partial charge in [0.1, 0.15) is 36.1 Å². The second kappa shape index (κ2) is 16.2. The van der Waals surface area contributed by atoms with Gasteiger partial charge >= 0.3 is 0 Å². The Hall–Kier alpha value is -5.23. The highest BCUT2D eigenvalue weighted by molar-refractivity contribution is 7.99. The first kappa shape index (κ1) is 39.5. The first-order valence-corrected chi connectivity index (χ1v) is 18.4. The molecular weight excluding hydrogens is 744 g/mol. The summed E-state index contributed by atoms with van der Waals surface area (Å²) in [5, 5.41) is 13.5. The Labute approximate surface area is 319 Å². The van der Waals surface area contributed by atoms with Crippen LogP contribution in [0.3, 0.4) is 0 Å². The lowest BCUT2D eigenvalue weighted by Gasteiger charge is -2.42. The van der Waals surface area contributed by atoms with Gasteiger partial charge in [0.05, 0.1) is 61.6 Å². The number of amides is 4. The average Bonchev–Trinajstić information content (AvgIpc) is 3.57. The number of phenols is 1. The zero-order valence-corrected chi connectivity index (χ0v) is 31.3. The lowest BCUT2D eigenvalue weighted by Crippen LogP contribution is -2.59. The molecule has 0 radical (unpaired) electrons. The molecule has 2 unspecified atom stereocenters.